The summed E-state index contributed by atoms with van der Waals surface area (Å²) in [5, 5.41) is 11.8. The van der Waals surface area contributed by atoms with Crippen LogP contribution < -0.4 is 5.32 Å². The van der Waals surface area contributed by atoms with Crippen molar-refractivity contribution in [3.8, 4) is 5.75 Å². The molecule has 1 atom stereocenters. The number of para-hydroxylation sites is 1. The molecular weight excluding hydrogens is 247 g/mol. The van der Waals surface area contributed by atoms with E-state index in [9.17, 15) is 23.1 Å². The number of hydrogen-bond acceptors (Lipinski definition) is 2. The van der Waals surface area contributed by atoms with Gasteiger partial charge >= 0.3 is 6.18 Å². The molecule has 0 spiro atoms. The first kappa shape index (κ1) is 14.3. The van der Waals surface area contributed by atoms with Gasteiger partial charge in [-0.05, 0) is 25.5 Å². The van der Waals surface area contributed by atoms with Crippen molar-refractivity contribution in [2.24, 2.45) is 0 Å². The van der Waals surface area contributed by atoms with E-state index < -0.39 is 24.5 Å². The molecule has 1 aromatic rings. The summed E-state index contributed by atoms with van der Waals surface area (Å²) in [6.45, 7) is 2.86. The van der Waals surface area contributed by atoms with Gasteiger partial charge in [0.2, 0.25) is 0 Å². The Bertz CT molecular complexity index is 443. The van der Waals surface area contributed by atoms with Gasteiger partial charge in [0.25, 0.3) is 5.91 Å². The maximum Gasteiger partial charge on any atom is 0.391 e. The van der Waals surface area contributed by atoms with E-state index >= 15 is 0 Å². The molecule has 100 valence electrons. The molecule has 3 nitrogen and oxygen atoms in total. The Morgan fingerprint density at radius 2 is 2.06 bits per heavy atom. The van der Waals surface area contributed by atoms with E-state index in [1.54, 1.807) is 19.1 Å². The Hall–Kier alpha value is -1.72. The van der Waals surface area contributed by atoms with Gasteiger partial charge in [-0.3, -0.25) is 4.79 Å². The average molecular weight is 261 g/mol. The molecule has 6 heteroatoms. The number of phenolic OH excluding ortho intramolecular Hbond substituents is 1. The third-order valence-corrected chi connectivity index (χ3v) is 2.40. The topological polar surface area (TPSA) is 49.3 Å². The van der Waals surface area contributed by atoms with E-state index in [2.05, 4.69) is 5.32 Å². The molecule has 0 saturated heterocycles. The second-order valence-electron chi connectivity index (χ2n) is 4.16. The highest BCUT2D eigenvalue weighted by Gasteiger charge is 2.30. The lowest BCUT2D eigenvalue weighted by Gasteiger charge is -2.16. The standard InChI is InChI=1S/C12H14F3NO2/c1-7-4-3-5-9(10(7)17)11(18)16-8(2)6-12(13,14)15/h3-5,8,17H,6H2,1-2H3,(H,16,18). The van der Waals surface area contributed by atoms with Crippen LogP contribution in [0.25, 0.3) is 0 Å². The fraction of sp³-hybridized carbons (Fsp3) is 0.417. The Kier molecular flexibility index (Phi) is 4.21. The SMILES string of the molecule is Cc1cccc(C(=O)NC(C)CC(F)(F)F)c1O. The van der Waals surface area contributed by atoms with Gasteiger partial charge in [0.05, 0.1) is 12.0 Å². The van der Waals surface area contributed by atoms with Gasteiger partial charge in [0.15, 0.2) is 0 Å². The lowest BCUT2D eigenvalue weighted by Crippen LogP contribution is -2.36. The van der Waals surface area contributed by atoms with Gasteiger partial charge in [-0.2, -0.15) is 13.2 Å². The summed E-state index contributed by atoms with van der Waals surface area (Å²) in [5.74, 6) is -0.929. The van der Waals surface area contributed by atoms with Crippen LogP contribution >= 0.6 is 0 Å². The van der Waals surface area contributed by atoms with Gasteiger partial charge in [0, 0.05) is 6.04 Å². The van der Waals surface area contributed by atoms with Gasteiger partial charge in [-0.15, -0.1) is 0 Å². The maximum atomic E-state index is 12.1. The van der Waals surface area contributed by atoms with Crippen molar-refractivity contribution in [2.45, 2.75) is 32.5 Å². The van der Waals surface area contributed by atoms with Gasteiger partial charge in [0.1, 0.15) is 5.75 Å². The Morgan fingerprint density at radius 3 is 2.61 bits per heavy atom. The average Bonchev–Trinajstić information content (AvgIpc) is 2.18. The highest BCUT2D eigenvalue weighted by atomic mass is 19.4. The van der Waals surface area contributed by atoms with Crippen molar-refractivity contribution in [1.82, 2.24) is 5.32 Å². The summed E-state index contributed by atoms with van der Waals surface area (Å²) < 4.78 is 36.3. The first-order chi connectivity index (χ1) is 8.20. The van der Waals surface area contributed by atoms with Crippen LogP contribution in [-0.4, -0.2) is 23.2 Å². The van der Waals surface area contributed by atoms with Crippen molar-refractivity contribution in [3.63, 3.8) is 0 Å². The molecule has 0 aliphatic rings. The minimum Gasteiger partial charge on any atom is -0.507 e. The zero-order valence-corrected chi connectivity index (χ0v) is 10.0. The number of rotatable bonds is 3. The molecule has 1 aromatic carbocycles. The van der Waals surface area contributed by atoms with E-state index in [-0.39, 0.29) is 11.3 Å². The monoisotopic (exact) mass is 261 g/mol. The zero-order valence-electron chi connectivity index (χ0n) is 10.0. The molecule has 1 rings (SSSR count). The third-order valence-electron chi connectivity index (χ3n) is 2.40. The summed E-state index contributed by atoms with van der Waals surface area (Å²) in [6, 6.07) is 3.47. The smallest absolute Gasteiger partial charge is 0.391 e. The summed E-state index contributed by atoms with van der Waals surface area (Å²) >= 11 is 0. The summed E-state index contributed by atoms with van der Waals surface area (Å²) in [5.41, 5.74) is 0.468. The number of hydrogen-bond donors (Lipinski definition) is 2. The predicted octanol–water partition coefficient (Wildman–Crippen LogP) is 2.77. The highest BCUT2D eigenvalue weighted by Crippen LogP contribution is 2.23. The number of nitrogens with one attached hydrogen (secondary N) is 1. The van der Waals surface area contributed by atoms with Crippen LogP contribution in [0.2, 0.25) is 0 Å². The summed E-state index contributed by atoms with van der Waals surface area (Å²) in [6.07, 6.45) is -5.44. The van der Waals surface area contributed by atoms with E-state index in [0.29, 0.717) is 5.56 Å². The van der Waals surface area contributed by atoms with Crippen molar-refractivity contribution in [1.29, 1.82) is 0 Å². The quantitative estimate of drug-likeness (QED) is 0.879. The van der Waals surface area contributed by atoms with Crippen LogP contribution in [0.5, 0.6) is 5.75 Å². The molecule has 1 unspecified atom stereocenters. The maximum absolute atomic E-state index is 12.1. The van der Waals surface area contributed by atoms with Crippen LogP contribution in [0.1, 0.15) is 29.3 Å². The molecule has 0 aliphatic heterocycles. The lowest BCUT2D eigenvalue weighted by molar-refractivity contribution is -0.138. The largest absolute Gasteiger partial charge is 0.507 e. The first-order valence-electron chi connectivity index (χ1n) is 5.37. The van der Waals surface area contributed by atoms with E-state index in [1.807, 2.05) is 0 Å². The molecule has 2 N–H and O–H groups in total. The van der Waals surface area contributed by atoms with Crippen molar-refractivity contribution >= 4 is 5.91 Å². The normalized spacial score (nSPS) is 13.2. The van der Waals surface area contributed by atoms with Crippen molar-refractivity contribution in [3.05, 3.63) is 29.3 Å². The molecule has 0 aromatic heterocycles. The number of benzene rings is 1. The number of phenols is 1. The van der Waals surface area contributed by atoms with Gasteiger partial charge < -0.3 is 10.4 Å². The van der Waals surface area contributed by atoms with Crippen molar-refractivity contribution in [2.75, 3.05) is 0 Å². The van der Waals surface area contributed by atoms with E-state index in [1.165, 1.54) is 13.0 Å². The number of amides is 1. The third kappa shape index (κ3) is 3.94. The van der Waals surface area contributed by atoms with Crippen LogP contribution in [0, 0.1) is 6.92 Å². The lowest BCUT2D eigenvalue weighted by atomic mass is 10.1. The van der Waals surface area contributed by atoms with E-state index in [0.717, 1.165) is 0 Å². The summed E-state index contributed by atoms with van der Waals surface area (Å²) in [4.78, 5) is 11.7. The number of carbonyl (C=O) groups excluding carboxylic acids is 1. The highest BCUT2D eigenvalue weighted by molar-refractivity contribution is 5.97. The fourth-order valence-electron chi connectivity index (χ4n) is 1.54. The van der Waals surface area contributed by atoms with Crippen LogP contribution in [-0.2, 0) is 0 Å². The first-order valence-corrected chi connectivity index (χ1v) is 5.37. The molecule has 0 heterocycles. The Balaban J connectivity index is 2.74. The number of aromatic hydroxyl groups is 1. The number of aryl methyl sites for hydroxylation is 1. The molecule has 0 fully saturated rings. The number of carbonyl (C=O) groups is 1. The minimum atomic E-state index is -4.33. The molecule has 1 amide bonds. The van der Waals surface area contributed by atoms with Crippen LogP contribution in [0.15, 0.2) is 18.2 Å². The predicted molar refractivity (Wildman–Crippen MR) is 60.4 cm³/mol. The Labute approximate surface area is 103 Å². The number of alkyl halides is 3. The van der Waals surface area contributed by atoms with Gasteiger partial charge in [-0.25, -0.2) is 0 Å². The second kappa shape index (κ2) is 5.29. The minimum absolute atomic E-state index is 0.0241. The molecule has 0 aliphatic carbocycles. The zero-order chi connectivity index (χ0) is 13.9. The molecule has 0 radical (unpaired) electrons. The summed E-state index contributed by atoms with van der Waals surface area (Å²) in [7, 11) is 0. The van der Waals surface area contributed by atoms with Crippen LogP contribution in [0.3, 0.4) is 0 Å². The number of halogens is 3. The molecular formula is C12H14F3NO2. The fourth-order valence-corrected chi connectivity index (χ4v) is 1.54. The van der Waals surface area contributed by atoms with Crippen molar-refractivity contribution < 1.29 is 23.1 Å². The Morgan fingerprint density at radius 1 is 1.44 bits per heavy atom. The molecule has 0 bridgehead atoms. The van der Waals surface area contributed by atoms with E-state index in [4.69, 9.17) is 0 Å². The molecule has 0 saturated carbocycles. The second-order valence-corrected chi connectivity index (χ2v) is 4.16. The van der Waals surface area contributed by atoms with Gasteiger partial charge in [-0.1, -0.05) is 12.1 Å². The van der Waals surface area contributed by atoms with Crippen LogP contribution in [0.4, 0.5) is 13.2 Å². The molecule has 18 heavy (non-hydrogen) atoms.